The zero-order chi connectivity index (χ0) is 20.8. The van der Waals surface area contributed by atoms with E-state index < -0.39 is 0 Å². The van der Waals surface area contributed by atoms with Crippen molar-refractivity contribution in [2.45, 2.75) is 24.8 Å². The van der Waals surface area contributed by atoms with Crippen LogP contribution in [0.3, 0.4) is 0 Å². The van der Waals surface area contributed by atoms with E-state index >= 15 is 0 Å². The minimum Gasteiger partial charge on any atom is -0.436 e. The van der Waals surface area contributed by atoms with Gasteiger partial charge in [-0.15, -0.1) is 0 Å². The highest BCUT2D eigenvalue weighted by Crippen LogP contribution is 2.42. The van der Waals surface area contributed by atoms with Crippen molar-refractivity contribution in [3.63, 3.8) is 0 Å². The molecule has 0 aliphatic heterocycles. The standard InChI is InChI=1S/C25H21N5O/c26-25(11-4-12-25)19-9-7-17(8-10-19)23-21(16-5-2-1-3-6-16)22-24(31-23)27-15-20(30-22)18-13-28-29-14-18/h1-3,5-10,13-15H,4,11-12,26H2,(H,28,29). The number of hydrogen-bond donors (Lipinski definition) is 2. The third-order valence-corrected chi connectivity index (χ3v) is 6.23. The fourth-order valence-electron chi connectivity index (χ4n) is 4.28. The molecule has 5 aromatic rings. The summed E-state index contributed by atoms with van der Waals surface area (Å²) in [4.78, 5) is 9.44. The number of furan rings is 1. The van der Waals surface area contributed by atoms with Gasteiger partial charge in [0.1, 0.15) is 11.3 Å². The molecule has 3 heterocycles. The van der Waals surface area contributed by atoms with E-state index in [-0.39, 0.29) is 5.54 Å². The van der Waals surface area contributed by atoms with Gasteiger partial charge in [0.15, 0.2) is 0 Å². The quantitative estimate of drug-likeness (QED) is 0.422. The normalized spacial score (nSPS) is 15.1. The number of nitrogens with two attached hydrogens (primary N) is 1. The Morgan fingerprint density at radius 2 is 1.71 bits per heavy atom. The van der Waals surface area contributed by atoms with Gasteiger partial charge in [0.2, 0.25) is 5.71 Å². The van der Waals surface area contributed by atoms with Crippen molar-refractivity contribution in [1.29, 1.82) is 0 Å². The van der Waals surface area contributed by atoms with Gasteiger partial charge in [0.05, 0.1) is 23.7 Å². The second kappa shape index (κ2) is 6.89. The number of rotatable bonds is 4. The van der Waals surface area contributed by atoms with E-state index in [4.69, 9.17) is 15.1 Å². The van der Waals surface area contributed by atoms with Crippen LogP contribution in [0.15, 0.2) is 77.6 Å². The van der Waals surface area contributed by atoms with Crippen LogP contribution < -0.4 is 5.73 Å². The van der Waals surface area contributed by atoms with Crippen LogP contribution in [0.2, 0.25) is 0 Å². The Bertz CT molecular complexity index is 1350. The molecule has 152 valence electrons. The molecule has 1 aliphatic carbocycles. The topological polar surface area (TPSA) is 93.6 Å². The summed E-state index contributed by atoms with van der Waals surface area (Å²) in [7, 11) is 0. The molecule has 1 saturated carbocycles. The molecule has 0 unspecified atom stereocenters. The van der Waals surface area contributed by atoms with Gasteiger partial charge >= 0.3 is 0 Å². The van der Waals surface area contributed by atoms with Crippen LogP contribution in [0, 0.1) is 0 Å². The van der Waals surface area contributed by atoms with Gasteiger partial charge in [-0.1, -0.05) is 54.6 Å². The lowest BCUT2D eigenvalue weighted by atomic mass is 9.72. The smallest absolute Gasteiger partial charge is 0.246 e. The second-order valence-corrected chi connectivity index (χ2v) is 8.16. The predicted molar refractivity (Wildman–Crippen MR) is 120 cm³/mol. The van der Waals surface area contributed by atoms with Crippen LogP contribution in [0.4, 0.5) is 0 Å². The van der Waals surface area contributed by atoms with Gasteiger partial charge in [0, 0.05) is 22.9 Å². The molecule has 0 radical (unpaired) electrons. The third kappa shape index (κ3) is 2.95. The van der Waals surface area contributed by atoms with E-state index in [1.807, 2.05) is 18.2 Å². The van der Waals surface area contributed by atoms with Crippen molar-refractivity contribution in [2.24, 2.45) is 5.73 Å². The summed E-state index contributed by atoms with van der Waals surface area (Å²) < 4.78 is 6.25. The second-order valence-electron chi connectivity index (χ2n) is 8.16. The Labute approximate surface area is 179 Å². The summed E-state index contributed by atoms with van der Waals surface area (Å²) in [5, 5.41) is 6.85. The Hall–Kier alpha value is -3.77. The molecule has 0 atom stereocenters. The van der Waals surface area contributed by atoms with E-state index in [1.54, 1.807) is 18.6 Å². The molecule has 6 nitrogen and oxygen atoms in total. The van der Waals surface area contributed by atoms with Crippen molar-refractivity contribution in [2.75, 3.05) is 0 Å². The molecule has 3 N–H and O–H groups in total. The average molecular weight is 407 g/mol. The first-order valence-electron chi connectivity index (χ1n) is 10.5. The summed E-state index contributed by atoms with van der Waals surface area (Å²) in [5.74, 6) is 0.761. The lowest BCUT2D eigenvalue weighted by molar-refractivity contribution is 0.253. The molecule has 31 heavy (non-hydrogen) atoms. The lowest BCUT2D eigenvalue weighted by Gasteiger charge is -2.38. The number of hydrogen-bond acceptors (Lipinski definition) is 5. The first-order chi connectivity index (χ1) is 15.2. The molecule has 1 fully saturated rings. The number of aromatic amines is 1. The maximum atomic E-state index is 6.51. The van der Waals surface area contributed by atoms with Gasteiger partial charge < -0.3 is 10.2 Å². The first kappa shape index (κ1) is 18.0. The van der Waals surface area contributed by atoms with Gasteiger partial charge in [-0.05, 0) is 30.4 Å². The first-order valence-corrected chi connectivity index (χ1v) is 10.5. The van der Waals surface area contributed by atoms with Gasteiger partial charge in [-0.25, -0.2) is 9.97 Å². The molecule has 0 spiro atoms. The zero-order valence-electron chi connectivity index (χ0n) is 16.9. The summed E-state index contributed by atoms with van der Waals surface area (Å²) in [6.45, 7) is 0. The summed E-state index contributed by atoms with van der Waals surface area (Å²) in [6.07, 6.45) is 8.53. The largest absolute Gasteiger partial charge is 0.436 e. The monoisotopic (exact) mass is 407 g/mol. The van der Waals surface area contributed by atoms with Crippen LogP contribution in [-0.4, -0.2) is 20.2 Å². The van der Waals surface area contributed by atoms with Crippen LogP contribution >= 0.6 is 0 Å². The number of nitrogens with zero attached hydrogens (tertiary/aromatic N) is 3. The number of H-pyrrole nitrogens is 1. The van der Waals surface area contributed by atoms with E-state index in [0.717, 1.165) is 52.1 Å². The third-order valence-electron chi connectivity index (χ3n) is 6.23. The SMILES string of the molecule is NC1(c2ccc(-c3oc4ncc(-c5cn[nH]c5)nc4c3-c3ccccc3)cc2)CCC1. The summed E-state index contributed by atoms with van der Waals surface area (Å²) in [5.41, 5.74) is 13.3. The fourth-order valence-corrected chi connectivity index (χ4v) is 4.28. The summed E-state index contributed by atoms with van der Waals surface area (Å²) >= 11 is 0. The molecule has 6 heteroatoms. The van der Waals surface area contributed by atoms with Gasteiger partial charge in [0.25, 0.3) is 0 Å². The number of benzene rings is 2. The van der Waals surface area contributed by atoms with Crippen molar-refractivity contribution in [3.05, 3.63) is 78.8 Å². The minimum absolute atomic E-state index is 0.183. The molecule has 0 saturated heterocycles. The molecule has 2 aromatic carbocycles. The molecular formula is C25H21N5O. The Kier molecular flexibility index (Phi) is 4.01. The number of nitrogens with one attached hydrogen (secondary N) is 1. The highest BCUT2D eigenvalue weighted by Gasteiger charge is 2.34. The number of fused-ring (bicyclic) bond motifs is 1. The fraction of sp³-hybridized carbons (Fsp3) is 0.160. The van der Waals surface area contributed by atoms with Crippen LogP contribution in [0.1, 0.15) is 24.8 Å². The van der Waals surface area contributed by atoms with E-state index in [9.17, 15) is 0 Å². The Balaban J connectivity index is 1.53. The predicted octanol–water partition coefficient (Wildman–Crippen LogP) is 5.28. The molecule has 0 bridgehead atoms. The van der Waals surface area contributed by atoms with E-state index in [0.29, 0.717) is 5.71 Å². The molecule has 1 aliphatic rings. The van der Waals surface area contributed by atoms with Crippen molar-refractivity contribution < 1.29 is 4.42 Å². The van der Waals surface area contributed by atoms with Crippen molar-refractivity contribution in [3.8, 4) is 33.7 Å². The average Bonchev–Trinajstić information content (AvgIpc) is 3.46. The highest BCUT2D eigenvalue weighted by atomic mass is 16.3. The van der Waals surface area contributed by atoms with E-state index in [2.05, 4.69) is 51.6 Å². The molecule has 0 amide bonds. The molecule has 3 aromatic heterocycles. The van der Waals surface area contributed by atoms with Crippen molar-refractivity contribution >= 4 is 11.2 Å². The van der Waals surface area contributed by atoms with Crippen LogP contribution in [-0.2, 0) is 5.54 Å². The van der Waals surface area contributed by atoms with E-state index in [1.165, 1.54) is 12.0 Å². The molecule has 6 rings (SSSR count). The van der Waals surface area contributed by atoms with Gasteiger partial charge in [-0.3, -0.25) is 5.10 Å². The Morgan fingerprint density at radius 1 is 0.903 bits per heavy atom. The lowest BCUT2D eigenvalue weighted by Crippen LogP contribution is -2.43. The highest BCUT2D eigenvalue weighted by molar-refractivity contribution is 5.98. The Morgan fingerprint density at radius 3 is 2.39 bits per heavy atom. The zero-order valence-corrected chi connectivity index (χ0v) is 16.9. The van der Waals surface area contributed by atoms with Crippen molar-refractivity contribution in [1.82, 2.24) is 20.2 Å². The molecular weight excluding hydrogens is 386 g/mol. The minimum atomic E-state index is -0.183. The van der Waals surface area contributed by atoms with Crippen LogP contribution in [0.25, 0.3) is 44.9 Å². The number of aromatic nitrogens is 4. The maximum absolute atomic E-state index is 6.51. The van der Waals surface area contributed by atoms with Gasteiger partial charge in [-0.2, -0.15) is 5.10 Å². The van der Waals surface area contributed by atoms with Crippen LogP contribution in [0.5, 0.6) is 0 Å². The maximum Gasteiger partial charge on any atom is 0.246 e. The summed E-state index contributed by atoms with van der Waals surface area (Å²) in [6, 6.07) is 18.6.